The molecule has 0 fully saturated rings. The van der Waals surface area contributed by atoms with E-state index in [1.807, 2.05) is 6.92 Å². The Morgan fingerprint density at radius 2 is 1.62 bits per heavy atom. The van der Waals surface area contributed by atoms with Gasteiger partial charge in [-0.3, -0.25) is 13.9 Å². The molecule has 3 aromatic carbocycles. The highest BCUT2D eigenvalue weighted by atomic mass is 32.2. The highest BCUT2D eigenvalue weighted by Gasteiger charge is 2.43. The lowest BCUT2D eigenvalue weighted by molar-refractivity contribution is -0.122. The second-order valence-electron chi connectivity index (χ2n) is 8.87. The van der Waals surface area contributed by atoms with E-state index in [-0.39, 0.29) is 10.6 Å². The van der Waals surface area contributed by atoms with Gasteiger partial charge in [-0.25, -0.2) is 13.2 Å². The van der Waals surface area contributed by atoms with Crippen molar-refractivity contribution < 1.29 is 27.5 Å². The second-order valence-corrected chi connectivity index (χ2v) is 10.6. The number of methoxy groups -OCH3 is 1. The van der Waals surface area contributed by atoms with Crippen LogP contribution >= 0.6 is 0 Å². The Balaban J connectivity index is 1.70. The number of carbonyl (C=O) groups excluding carboxylic acids is 3. The lowest BCUT2D eigenvalue weighted by Crippen LogP contribution is -2.52. The molecular formula is C27H27N3O6S. The van der Waals surface area contributed by atoms with Crippen LogP contribution in [0.4, 0.5) is 17.1 Å². The van der Waals surface area contributed by atoms with Crippen molar-refractivity contribution in [2.24, 2.45) is 0 Å². The zero-order valence-electron chi connectivity index (χ0n) is 20.9. The molecule has 0 saturated heterocycles. The van der Waals surface area contributed by atoms with Crippen LogP contribution in [0.2, 0.25) is 0 Å². The quantitative estimate of drug-likeness (QED) is 0.474. The number of benzene rings is 3. The Labute approximate surface area is 215 Å². The van der Waals surface area contributed by atoms with Gasteiger partial charge in [0.05, 0.1) is 35.4 Å². The van der Waals surface area contributed by atoms with Crippen molar-refractivity contribution >= 4 is 44.9 Å². The number of rotatable bonds is 6. The van der Waals surface area contributed by atoms with Crippen molar-refractivity contribution in [2.45, 2.75) is 38.1 Å². The molecule has 1 atom stereocenters. The third-order valence-corrected chi connectivity index (χ3v) is 8.20. The summed E-state index contributed by atoms with van der Waals surface area (Å²) in [7, 11) is -2.96. The van der Waals surface area contributed by atoms with Gasteiger partial charge >= 0.3 is 5.97 Å². The molecule has 37 heavy (non-hydrogen) atoms. The number of para-hydroxylation sites is 2. The summed E-state index contributed by atoms with van der Waals surface area (Å²) in [6.45, 7) is 5.30. The van der Waals surface area contributed by atoms with Gasteiger partial charge in [0.2, 0.25) is 11.8 Å². The average Bonchev–Trinajstić information content (AvgIpc) is 2.83. The topological polar surface area (TPSA) is 122 Å². The Kier molecular flexibility index (Phi) is 7.04. The molecule has 0 bridgehead atoms. The van der Waals surface area contributed by atoms with E-state index in [2.05, 4.69) is 15.4 Å². The molecule has 1 unspecified atom stereocenters. The SMILES string of the molecule is COC(=O)c1ccc(NC(=O)CC2C(=O)Nc3ccccc3N2S(=O)(=O)c2c(C)cc(C)cc2C)cc1. The number of fused-ring (bicyclic) bond motifs is 1. The lowest BCUT2D eigenvalue weighted by atomic mass is 10.1. The van der Waals surface area contributed by atoms with Gasteiger partial charge in [-0.1, -0.05) is 29.8 Å². The molecule has 3 aromatic rings. The van der Waals surface area contributed by atoms with E-state index in [1.54, 1.807) is 50.2 Å². The van der Waals surface area contributed by atoms with Crippen LogP contribution in [0.25, 0.3) is 0 Å². The number of sulfonamides is 1. The van der Waals surface area contributed by atoms with Crippen LogP contribution in [0.15, 0.2) is 65.6 Å². The lowest BCUT2D eigenvalue weighted by Gasteiger charge is -2.37. The highest BCUT2D eigenvalue weighted by molar-refractivity contribution is 7.93. The third kappa shape index (κ3) is 5.05. The van der Waals surface area contributed by atoms with Crippen molar-refractivity contribution in [1.29, 1.82) is 0 Å². The first kappa shape index (κ1) is 25.9. The number of anilines is 3. The summed E-state index contributed by atoms with van der Waals surface area (Å²) < 4.78 is 33.9. The fourth-order valence-corrected chi connectivity index (χ4v) is 6.65. The molecule has 1 aliphatic heterocycles. The van der Waals surface area contributed by atoms with Gasteiger partial charge in [-0.05, 0) is 68.3 Å². The van der Waals surface area contributed by atoms with Gasteiger partial charge in [0.25, 0.3) is 10.0 Å². The minimum atomic E-state index is -4.23. The predicted molar refractivity (Wildman–Crippen MR) is 140 cm³/mol. The van der Waals surface area contributed by atoms with Crippen molar-refractivity contribution in [1.82, 2.24) is 0 Å². The molecule has 0 spiro atoms. The molecule has 1 aliphatic rings. The monoisotopic (exact) mass is 521 g/mol. The average molecular weight is 522 g/mol. The maximum atomic E-state index is 14.1. The first-order chi connectivity index (χ1) is 17.5. The zero-order valence-corrected chi connectivity index (χ0v) is 21.7. The van der Waals surface area contributed by atoms with Crippen LogP contribution in [-0.2, 0) is 24.3 Å². The van der Waals surface area contributed by atoms with Gasteiger partial charge in [-0.2, -0.15) is 0 Å². The van der Waals surface area contributed by atoms with E-state index in [9.17, 15) is 22.8 Å². The first-order valence-corrected chi connectivity index (χ1v) is 13.0. The summed E-state index contributed by atoms with van der Waals surface area (Å²) in [5.74, 6) is -1.69. The minimum Gasteiger partial charge on any atom is -0.465 e. The van der Waals surface area contributed by atoms with E-state index < -0.39 is 40.3 Å². The van der Waals surface area contributed by atoms with Crippen LogP contribution in [0.1, 0.15) is 33.5 Å². The fourth-order valence-electron chi connectivity index (χ4n) is 4.60. The molecule has 0 aliphatic carbocycles. The van der Waals surface area contributed by atoms with Gasteiger partial charge in [-0.15, -0.1) is 0 Å². The van der Waals surface area contributed by atoms with Gasteiger partial charge in [0.1, 0.15) is 6.04 Å². The van der Waals surface area contributed by atoms with Crippen LogP contribution in [-0.4, -0.2) is 39.4 Å². The van der Waals surface area contributed by atoms with E-state index >= 15 is 0 Å². The number of hydrogen-bond acceptors (Lipinski definition) is 6. The van der Waals surface area contributed by atoms with Crippen LogP contribution in [0, 0.1) is 20.8 Å². The molecule has 0 saturated carbocycles. The summed E-state index contributed by atoms with van der Waals surface area (Å²) in [5, 5.41) is 5.39. The Hall–Kier alpha value is -4.18. The minimum absolute atomic E-state index is 0.103. The first-order valence-electron chi connectivity index (χ1n) is 11.5. The molecule has 9 nitrogen and oxygen atoms in total. The molecule has 2 amide bonds. The molecule has 10 heteroatoms. The molecule has 2 N–H and O–H groups in total. The standard InChI is InChI=1S/C27H27N3O6S/c1-16-13-17(2)25(18(3)14-16)37(34,35)30-22-8-6-5-7-21(22)29-26(32)23(30)15-24(31)28-20-11-9-19(10-12-20)27(33)36-4/h5-14,23H,15H2,1-4H3,(H,28,31)(H,29,32). The number of amides is 2. The van der Waals surface area contributed by atoms with Crippen LogP contribution in [0.3, 0.4) is 0 Å². The number of aryl methyl sites for hydroxylation is 3. The largest absolute Gasteiger partial charge is 0.465 e. The van der Waals surface area contributed by atoms with E-state index in [1.165, 1.54) is 31.4 Å². The predicted octanol–water partition coefficient (Wildman–Crippen LogP) is 3.94. The Bertz CT molecular complexity index is 1480. The Morgan fingerprint density at radius 1 is 1.00 bits per heavy atom. The van der Waals surface area contributed by atoms with Crippen molar-refractivity contribution in [2.75, 3.05) is 22.0 Å². The zero-order chi connectivity index (χ0) is 26.9. The number of hydrogen-bond donors (Lipinski definition) is 2. The molecule has 192 valence electrons. The smallest absolute Gasteiger partial charge is 0.337 e. The maximum Gasteiger partial charge on any atom is 0.337 e. The normalized spacial score (nSPS) is 15.0. The van der Waals surface area contributed by atoms with Gasteiger partial charge in [0, 0.05) is 5.69 Å². The summed E-state index contributed by atoms with van der Waals surface area (Å²) in [4.78, 5) is 37.9. The highest BCUT2D eigenvalue weighted by Crippen LogP contribution is 2.38. The maximum absolute atomic E-state index is 14.1. The van der Waals surface area contributed by atoms with Crippen molar-refractivity contribution in [3.63, 3.8) is 0 Å². The van der Waals surface area contributed by atoms with Crippen molar-refractivity contribution in [3.8, 4) is 0 Å². The fraction of sp³-hybridized carbons (Fsp3) is 0.222. The number of carbonyl (C=O) groups is 3. The molecule has 1 heterocycles. The van der Waals surface area contributed by atoms with Gasteiger partial charge < -0.3 is 15.4 Å². The third-order valence-electron chi connectivity index (χ3n) is 6.08. The second kappa shape index (κ2) is 10.1. The number of ether oxygens (including phenoxy) is 1. The summed E-state index contributed by atoms with van der Waals surface area (Å²) in [5.41, 5.74) is 3.33. The summed E-state index contributed by atoms with van der Waals surface area (Å²) in [6.07, 6.45) is -0.428. The van der Waals surface area contributed by atoms with E-state index in [0.29, 0.717) is 28.1 Å². The molecular weight excluding hydrogens is 494 g/mol. The molecule has 0 aromatic heterocycles. The summed E-state index contributed by atoms with van der Waals surface area (Å²) in [6, 6.07) is 14.8. The van der Waals surface area contributed by atoms with Crippen LogP contribution in [0.5, 0.6) is 0 Å². The number of nitrogens with zero attached hydrogens (tertiary/aromatic N) is 1. The van der Waals surface area contributed by atoms with Gasteiger partial charge in [0.15, 0.2) is 0 Å². The Morgan fingerprint density at radius 3 is 2.24 bits per heavy atom. The van der Waals surface area contributed by atoms with E-state index in [4.69, 9.17) is 0 Å². The number of nitrogens with one attached hydrogen (secondary N) is 2. The number of esters is 1. The molecule has 4 rings (SSSR count). The summed E-state index contributed by atoms with van der Waals surface area (Å²) >= 11 is 0. The molecule has 0 radical (unpaired) electrons. The van der Waals surface area contributed by atoms with Crippen molar-refractivity contribution in [3.05, 3.63) is 82.9 Å². The van der Waals surface area contributed by atoms with E-state index in [0.717, 1.165) is 9.87 Å². The van der Waals surface area contributed by atoms with Crippen LogP contribution < -0.4 is 14.9 Å².